The van der Waals surface area contributed by atoms with Crippen LogP contribution in [0.25, 0.3) is 0 Å². The first-order valence-electron chi connectivity index (χ1n) is 6.35. The van der Waals surface area contributed by atoms with Crippen LogP contribution >= 0.6 is 0 Å². The average Bonchev–Trinajstić information content (AvgIpc) is 2.70. The van der Waals surface area contributed by atoms with Gasteiger partial charge in [0.2, 0.25) is 0 Å². The largest absolute Gasteiger partial charge is 0.326 e. The summed E-state index contributed by atoms with van der Waals surface area (Å²) < 4.78 is 0. The summed E-state index contributed by atoms with van der Waals surface area (Å²) in [5, 5.41) is 2.93. The molecule has 1 heterocycles. The summed E-state index contributed by atoms with van der Waals surface area (Å²) in [6, 6.07) is 7.65. The summed E-state index contributed by atoms with van der Waals surface area (Å²) >= 11 is 0. The standard InChI is InChI=1S/C14H21N3O/c1-14(2)6-7-17(10-14)13(18)16-12-5-3-4-11(8-12)9-15/h3-5,8H,6-7,9-10,15H2,1-2H3,(H,16,18). The fraction of sp³-hybridized carbons (Fsp3) is 0.500. The highest BCUT2D eigenvalue weighted by Crippen LogP contribution is 2.29. The van der Waals surface area contributed by atoms with Gasteiger partial charge in [-0.1, -0.05) is 26.0 Å². The predicted molar refractivity (Wildman–Crippen MR) is 73.3 cm³/mol. The first-order chi connectivity index (χ1) is 8.50. The topological polar surface area (TPSA) is 58.4 Å². The zero-order valence-corrected chi connectivity index (χ0v) is 11.1. The van der Waals surface area contributed by atoms with Gasteiger partial charge in [-0.2, -0.15) is 0 Å². The zero-order valence-electron chi connectivity index (χ0n) is 11.1. The molecule has 3 N–H and O–H groups in total. The van der Waals surface area contributed by atoms with Gasteiger partial charge in [-0.3, -0.25) is 0 Å². The number of likely N-dealkylation sites (tertiary alicyclic amines) is 1. The fourth-order valence-corrected chi connectivity index (χ4v) is 2.26. The van der Waals surface area contributed by atoms with E-state index >= 15 is 0 Å². The summed E-state index contributed by atoms with van der Waals surface area (Å²) in [7, 11) is 0. The lowest BCUT2D eigenvalue weighted by Crippen LogP contribution is -2.34. The van der Waals surface area contributed by atoms with Crippen molar-refractivity contribution >= 4 is 11.7 Å². The number of rotatable bonds is 2. The van der Waals surface area contributed by atoms with Gasteiger partial charge in [-0.25, -0.2) is 4.79 Å². The molecule has 2 rings (SSSR count). The van der Waals surface area contributed by atoms with Crippen LogP contribution in [-0.2, 0) is 6.54 Å². The molecule has 98 valence electrons. The quantitative estimate of drug-likeness (QED) is 0.843. The number of amides is 2. The first-order valence-corrected chi connectivity index (χ1v) is 6.35. The lowest BCUT2D eigenvalue weighted by atomic mass is 9.93. The highest BCUT2D eigenvalue weighted by atomic mass is 16.2. The van der Waals surface area contributed by atoms with Crippen molar-refractivity contribution in [1.82, 2.24) is 4.90 Å². The number of carbonyl (C=O) groups excluding carboxylic acids is 1. The van der Waals surface area contributed by atoms with Crippen molar-refractivity contribution < 1.29 is 4.79 Å². The third kappa shape index (κ3) is 3.01. The molecule has 1 saturated heterocycles. The van der Waals surface area contributed by atoms with Gasteiger partial charge in [0.05, 0.1) is 0 Å². The second kappa shape index (κ2) is 4.98. The molecule has 1 aliphatic rings. The maximum atomic E-state index is 12.1. The van der Waals surface area contributed by atoms with Crippen LogP contribution in [-0.4, -0.2) is 24.0 Å². The Balaban J connectivity index is 1.99. The molecule has 18 heavy (non-hydrogen) atoms. The van der Waals surface area contributed by atoms with E-state index in [4.69, 9.17) is 5.73 Å². The van der Waals surface area contributed by atoms with E-state index in [0.29, 0.717) is 6.54 Å². The Bertz CT molecular complexity index is 442. The van der Waals surface area contributed by atoms with Crippen LogP contribution in [0.3, 0.4) is 0 Å². The zero-order chi connectivity index (χ0) is 13.2. The summed E-state index contributed by atoms with van der Waals surface area (Å²) in [6.07, 6.45) is 1.06. The summed E-state index contributed by atoms with van der Waals surface area (Å²) in [5.74, 6) is 0. The summed E-state index contributed by atoms with van der Waals surface area (Å²) in [5.41, 5.74) is 7.65. The molecule has 1 fully saturated rings. The molecule has 1 aromatic rings. The molecule has 0 radical (unpaired) electrons. The van der Waals surface area contributed by atoms with Gasteiger partial charge in [0.15, 0.2) is 0 Å². The predicted octanol–water partition coefficient (Wildman–Crippen LogP) is 2.41. The van der Waals surface area contributed by atoms with Crippen LogP contribution in [0.1, 0.15) is 25.8 Å². The number of anilines is 1. The van der Waals surface area contributed by atoms with Gasteiger partial charge in [-0.15, -0.1) is 0 Å². The molecular formula is C14H21N3O. The van der Waals surface area contributed by atoms with E-state index < -0.39 is 0 Å². The Hall–Kier alpha value is -1.55. The van der Waals surface area contributed by atoms with E-state index in [-0.39, 0.29) is 11.4 Å². The second-order valence-corrected chi connectivity index (χ2v) is 5.67. The number of benzene rings is 1. The number of nitrogens with one attached hydrogen (secondary N) is 1. The molecular weight excluding hydrogens is 226 g/mol. The van der Waals surface area contributed by atoms with Crippen molar-refractivity contribution in [3.63, 3.8) is 0 Å². The lowest BCUT2D eigenvalue weighted by molar-refractivity contribution is 0.217. The van der Waals surface area contributed by atoms with Crippen molar-refractivity contribution in [2.24, 2.45) is 11.1 Å². The van der Waals surface area contributed by atoms with E-state index in [2.05, 4.69) is 19.2 Å². The van der Waals surface area contributed by atoms with E-state index in [0.717, 1.165) is 30.8 Å². The first kappa shape index (κ1) is 12.9. The Morgan fingerprint density at radius 3 is 2.89 bits per heavy atom. The summed E-state index contributed by atoms with van der Waals surface area (Å²) in [6.45, 7) is 6.51. The van der Waals surface area contributed by atoms with E-state index in [1.165, 1.54) is 0 Å². The second-order valence-electron chi connectivity index (χ2n) is 5.67. The number of hydrogen-bond acceptors (Lipinski definition) is 2. The third-order valence-electron chi connectivity index (χ3n) is 3.38. The van der Waals surface area contributed by atoms with Crippen LogP contribution in [0.15, 0.2) is 24.3 Å². The maximum absolute atomic E-state index is 12.1. The molecule has 0 spiro atoms. The van der Waals surface area contributed by atoms with Gasteiger partial charge in [0.1, 0.15) is 0 Å². The van der Waals surface area contributed by atoms with E-state index in [1.807, 2.05) is 29.2 Å². The van der Waals surface area contributed by atoms with E-state index in [1.54, 1.807) is 0 Å². The molecule has 2 amide bonds. The molecule has 1 aromatic carbocycles. The van der Waals surface area contributed by atoms with Gasteiger partial charge in [0.25, 0.3) is 0 Å². The van der Waals surface area contributed by atoms with Crippen LogP contribution < -0.4 is 11.1 Å². The SMILES string of the molecule is CC1(C)CCN(C(=O)Nc2cccc(CN)c2)C1. The van der Waals surface area contributed by atoms with Crippen molar-refractivity contribution in [3.05, 3.63) is 29.8 Å². The monoisotopic (exact) mass is 247 g/mol. The minimum absolute atomic E-state index is 0.0188. The van der Waals surface area contributed by atoms with Crippen LogP contribution in [0.4, 0.5) is 10.5 Å². The molecule has 0 aliphatic carbocycles. The van der Waals surface area contributed by atoms with Gasteiger partial charge in [-0.05, 0) is 29.5 Å². The molecule has 4 nitrogen and oxygen atoms in total. The Kier molecular flexibility index (Phi) is 3.57. The van der Waals surface area contributed by atoms with Crippen molar-refractivity contribution in [3.8, 4) is 0 Å². The highest BCUT2D eigenvalue weighted by Gasteiger charge is 2.31. The average molecular weight is 247 g/mol. The number of urea groups is 1. The number of carbonyl (C=O) groups is 1. The summed E-state index contributed by atoms with van der Waals surface area (Å²) in [4.78, 5) is 14.0. The number of nitrogens with two attached hydrogens (primary N) is 1. The molecule has 4 heteroatoms. The molecule has 0 aromatic heterocycles. The number of hydrogen-bond donors (Lipinski definition) is 2. The molecule has 0 atom stereocenters. The Morgan fingerprint density at radius 2 is 2.28 bits per heavy atom. The van der Waals surface area contributed by atoms with Gasteiger partial charge >= 0.3 is 6.03 Å². The molecule has 0 saturated carbocycles. The van der Waals surface area contributed by atoms with Crippen LogP contribution in [0, 0.1) is 5.41 Å². The maximum Gasteiger partial charge on any atom is 0.321 e. The Morgan fingerprint density at radius 1 is 1.50 bits per heavy atom. The van der Waals surface area contributed by atoms with Crippen LogP contribution in [0.5, 0.6) is 0 Å². The number of nitrogens with zero attached hydrogens (tertiary/aromatic N) is 1. The molecule has 1 aliphatic heterocycles. The Labute approximate surface area is 108 Å². The lowest BCUT2D eigenvalue weighted by Gasteiger charge is -2.20. The highest BCUT2D eigenvalue weighted by molar-refractivity contribution is 5.89. The van der Waals surface area contributed by atoms with Crippen molar-refractivity contribution in [2.45, 2.75) is 26.8 Å². The molecule has 0 unspecified atom stereocenters. The van der Waals surface area contributed by atoms with E-state index in [9.17, 15) is 4.79 Å². The normalized spacial score (nSPS) is 17.8. The van der Waals surface area contributed by atoms with Crippen LogP contribution in [0.2, 0.25) is 0 Å². The van der Waals surface area contributed by atoms with Crippen molar-refractivity contribution in [2.75, 3.05) is 18.4 Å². The van der Waals surface area contributed by atoms with Crippen molar-refractivity contribution in [1.29, 1.82) is 0 Å². The molecule has 0 bridgehead atoms. The fourth-order valence-electron chi connectivity index (χ4n) is 2.26. The smallest absolute Gasteiger partial charge is 0.321 e. The van der Waals surface area contributed by atoms with Gasteiger partial charge in [0, 0.05) is 25.3 Å². The van der Waals surface area contributed by atoms with Gasteiger partial charge < -0.3 is 16.0 Å². The minimum atomic E-state index is -0.0188. The minimum Gasteiger partial charge on any atom is -0.326 e. The third-order valence-corrected chi connectivity index (χ3v) is 3.38.